The Hall–Kier alpha value is -1.40. The molecule has 3 rings (SSSR count). The lowest BCUT2D eigenvalue weighted by Gasteiger charge is -2.20. The summed E-state index contributed by atoms with van der Waals surface area (Å²) in [5, 5.41) is 2.99. The van der Waals surface area contributed by atoms with E-state index in [4.69, 9.17) is 0 Å². The smallest absolute Gasteiger partial charge is 0.227 e. The molecule has 2 saturated carbocycles. The second-order valence-corrected chi connectivity index (χ2v) is 8.39. The fourth-order valence-electron chi connectivity index (χ4n) is 3.72. The van der Waals surface area contributed by atoms with Crippen molar-refractivity contribution in [3.05, 3.63) is 29.8 Å². The van der Waals surface area contributed by atoms with Gasteiger partial charge in [-0.25, -0.2) is 13.1 Å². The van der Waals surface area contributed by atoms with Gasteiger partial charge in [-0.2, -0.15) is 0 Å². The average molecular weight is 322 g/mol. The van der Waals surface area contributed by atoms with E-state index in [0.29, 0.717) is 5.92 Å². The summed E-state index contributed by atoms with van der Waals surface area (Å²) in [4.78, 5) is 12.3. The summed E-state index contributed by atoms with van der Waals surface area (Å²) in [6, 6.07) is 7.30. The van der Waals surface area contributed by atoms with E-state index in [1.807, 2.05) is 24.3 Å². The van der Waals surface area contributed by atoms with Gasteiger partial charge in [-0.15, -0.1) is 0 Å². The third-order valence-corrected chi connectivity index (χ3v) is 5.50. The van der Waals surface area contributed by atoms with E-state index < -0.39 is 10.0 Å². The molecule has 3 atom stereocenters. The van der Waals surface area contributed by atoms with Crippen molar-refractivity contribution in [3.63, 3.8) is 0 Å². The molecule has 2 bridgehead atoms. The van der Waals surface area contributed by atoms with Crippen LogP contribution in [0.3, 0.4) is 0 Å². The number of rotatable bonds is 5. The van der Waals surface area contributed by atoms with Crippen LogP contribution in [0.5, 0.6) is 0 Å². The second kappa shape index (κ2) is 6.01. The van der Waals surface area contributed by atoms with E-state index in [9.17, 15) is 13.2 Å². The van der Waals surface area contributed by atoms with Crippen molar-refractivity contribution >= 4 is 21.6 Å². The molecule has 1 aromatic rings. The number of fused-ring (bicyclic) bond motifs is 2. The minimum absolute atomic E-state index is 0.134. The third-order valence-electron chi connectivity index (χ3n) is 4.83. The van der Waals surface area contributed by atoms with Crippen LogP contribution in [0.4, 0.5) is 5.69 Å². The number of benzene rings is 1. The van der Waals surface area contributed by atoms with Crippen LogP contribution in [0.25, 0.3) is 0 Å². The molecule has 0 spiro atoms. The van der Waals surface area contributed by atoms with Crippen LogP contribution in [0, 0.1) is 17.8 Å². The molecule has 2 aliphatic carbocycles. The van der Waals surface area contributed by atoms with Crippen molar-refractivity contribution < 1.29 is 13.2 Å². The topological polar surface area (TPSA) is 75.3 Å². The monoisotopic (exact) mass is 322 g/mol. The maximum atomic E-state index is 12.3. The van der Waals surface area contributed by atoms with Gasteiger partial charge in [0, 0.05) is 18.2 Å². The van der Waals surface area contributed by atoms with Gasteiger partial charge in [0.2, 0.25) is 15.9 Å². The molecule has 1 amide bonds. The summed E-state index contributed by atoms with van der Waals surface area (Å²) in [6.45, 7) is 0.263. The first kappa shape index (κ1) is 15.5. The third kappa shape index (κ3) is 3.67. The molecule has 22 heavy (non-hydrogen) atoms. The summed E-state index contributed by atoms with van der Waals surface area (Å²) in [5.74, 6) is 1.63. The zero-order chi connectivity index (χ0) is 15.7. The zero-order valence-corrected chi connectivity index (χ0v) is 13.5. The lowest BCUT2D eigenvalue weighted by atomic mass is 9.88. The summed E-state index contributed by atoms with van der Waals surface area (Å²) in [7, 11) is -3.19. The predicted molar refractivity (Wildman–Crippen MR) is 85.7 cm³/mol. The molecule has 0 heterocycles. The van der Waals surface area contributed by atoms with Gasteiger partial charge in [-0.1, -0.05) is 18.6 Å². The van der Waals surface area contributed by atoms with Crippen molar-refractivity contribution in [3.8, 4) is 0 Å². The predicted octanol–water partition coefficient (Wildman–Crippen LogP) is 2.11. The van der Waals surface area contributed by atoms with Gasteiger partial charge in [-0.05, 0) is 48.8 Å². The second-order valence-electron chi connectivity index (χ2n) is 6.56. The number of amides is 1. The van der Waals surface area contributed by atoms with Crippen molar-refractivity contribution in [1.82, 2.24) is 4.72 Å². The van der Waals surface area contributed by atoms with Gasteiger partial charge in [0.15, 0.2) is 0 Å². The number of sulfonamides is 1. The van der Waals surface area contributed by atoms with Gasteiger partial charge >= 0.3 is 0 Å². The number of carbonyl (C=O) groups excluding carboxylic acids is 1. The Labute approximate surface area is 131 Å². The fourth-order valence-corrected chi connectivity index (χ4v) is 4.15. The highest BCUT2D eigenvalue weighted by molar-refractivity contribution is 7.88. The Kier molecular flexibility index (Phi) is 4.23. The summed E-state index contributed by atoms with van der Waals surface area (Å²) < 4.78 is 24.6. The fraction of sp³-hybridized carbons (Fsp3) is 0.562. The standard InChI is InChI=1S/C16H22N2O3S/c1-22(20,21)17-10-11-3-6-14(7-4-11)18-16(19)15-9-12-2-5-13(15)8-12/h3-4,6-7,12-13,15,17H,2,5,8-10H2,1H3,(H,18,19)/t12-,13-,15-/m0/s1. The molecule has 5 nitrogen and oxygen atoms in total. The molecule has 1 aromatic carbocycles. The van der Waals surface area contributed by atoms with Gasteiger partial charge in [0.1, 0.15) is 0 Å². The Morgan fingerprint density at radius 2 is 1.91 bits per heavy atom. The van der Waals surface area contributed by atoms with Crippen molar-refractivity contribution in [2.45, 2.75) is 32.2 Å². The molecule has 0 unspecified atom stereocenters. The molecule has 2 fully saturated rings. The maximum absolute atomic E-state index is 12.3. The first-order valence-corrected chi connectivity index (χ1v) is 9.64. The van der Waals surface area contributed by atoms with E-state index >= 15 is 0 Å². The number of nitrogens with one attached hydrogen (secondary N) is 2. The molecular formula is C16H22N2O3S. The highest BCUT2D eigenvalue weighted by Gasteiger charge is 2.42. The van der Waals surface area contributed by atoms with Crippen LogP contribution < -0.4 is 10.0 Å². The Balaban J connectivity index is 1.56. The first-order chi connectivity index (χ1) is 10.4. The minimum atomic E-state index is -3.19. The Morgan fingerprint density at radius 1 is 1.18 bits per heavy atom. The van der Waals surface area contributed by atoms with Crippen LogP contribution in [0.2, 0.25) is 0 Å². The average Bonchev–Trinajstić information content (AvgIpc) is 3.08. The van der Waals surface area contributed by atoms with Gasteiger partial charge in [0.25, 0.3) is 0 Å². The van der Waals surface area contributed by atoms with Crippen LogP contribution in [0.15, 0.2) is 24.3 Å². The van der Waals surface area contributed by atoms with Crippen molar-refractivity contribution in [2.24, 2.45) is 17.8 Å². The molecule has 0 aromatic heterocycles. The first-order valence-electron chi connectivity index (χ1n) is 7.75. The van der Waals surface area contributed by atoms with E-state index in [-0.39, 0.29) is 18.4 Å². The van der Waals surface area contributed by atoms with E-state index in [2.05, 4.69) is 10.0 Å². The molecule has 2 aliphatic rings. The minimum Gasteiger partial charge on any atom is -0.326 e. The summed E-state index contributed by atoms with van der Waals surface area (Å²) in [6.07, 6.45) is 5.87. The van der Waals surface area contributed by atoms with Crippen molar-refractivity contribution in [2.75, 3.05) is 11.6 Å². The molecule has 2 N–H and O–H groups in total. The van der Waals surface area contributed by atoms with Gasteiger partial charge in [0.05, 0.1) is 6.26 Å². The molecule has 0 saturated heterocycles. The largest absolute Gasteiger partial charge is 0.326 e. The number of hydrogen-bond donors (Lipinski definition) is 2. The van der Waals surface area contributed by atoms with E-state index in [0.717, 1.165) is 29.8 Å². The summed E-state index contributed by atoms with van der Waals surface area (Å²) >= 11 is 0. The Morgan fingerprint density at radius 3 is 2.45 bits per heavy atom. The van der Waals surface area contributed by atoms with Crippen LogP contribution in [0.1, 0.15) is 31.2 Å². The molecule has 6 heteroatoms. The van der Waals surface area contributed by atoms with Gasteiger partial charge in [-0.3, -0.25) is 4.79 Å². The number of hydrogen-bond acceptors (Lipinski definition) is 3. The number of carbonyl (C=O) groups is 1. The lowest BCUT2D eigenvalue weighted by Crippen LogP contribution is -2.27. The Bertz CT molecular complexity index is 654. The molecule has 120 valence electrons. The molecular weight excluding hydrogens is 300 g/mol. The van der Waals surface area contributed by atoms with Crippen LogP contribution >= 0.6 is 0 Å². The highest BCUT2D eigenvalue weighted by atomic mass is 32.2. The highest BCUT2D eigenvalue weighted by Crippen LogP contribution is 2.48. The van der Waals surface area contributed by atoms with Gasteiger partial charge < -0.3 is 5.32 Å². The van der Waals surface area contributed by atoms with Crippen molar-refractivity contribution in [1.29, 1.82) is 0 Å². The van der Waals surface area contributed by atoms with E-state index in [1.54, 1.807) is 0 Å². The zero-order valence-electron chi connectivity index (χ0n) is 12.7. The molecule has 0 radical (unpaired) electrons. The van der Waals surface area contributed by atoms with E-state index in [1.165, 1.54) is 19.3 Å². The lowest BCUT2D eigenvalue weighted by molar-refractivity contribution is -0.121. The maximum Gasteiger partial charge on any atom is 0.227 e. The quantitative estimate of drug-likeness (QED) is 0.872. The SMILES string of the molecule is CS(=O)(=O)NCc1ccc(NC(=O)[C@H]2C[C@H]3CC[C@H]2C3)cc1. The normalized spacial score (nSPS) is 27.0. The number of anilines is 1. The van der Waals surface area contributed by atoms with Crippen LogP contribution in [-0.2, 0) is 21.4 Å². The summed E-state index contributed by atoms with van der Waals surface area (Å²) in [5.41, 5.74) is 1.64. The van der Waals surface area contributed by atoms with Crippen LogP contribution in [-0.4, -0.2) is 20.6 Å². The molecule has 0 aliphatic heterocycles.